The molecule has 0 radical (unpaired) electrons. The summed E-state index contributed by atoms with van der Waals surface area (Å²) in [6, 6.07) is 0.471. The van der Waals surface area contributed by atoms with E-state index in [0.29, 0.717) is 11.3 Å². The summed E-state index contributed by atoms with van der Waals surface area (Å²) in [4.78, 5) is 0. The average molecular weight is 131 g/mol. The zero-order chi connectivity index (χ0) is 5.98. The van der Waals surface area contributed by atoms with Gasteiger partial charge >= 0.3 is 0 Å². The lowest BCUT2D eigenvalue weighted by Crippen LogP contribution is -2.26. The third-order valence-corrected chi connectivity index (χ3v) is 2.26. The molecule has 0 atom stereocenters. The molecule has 8 heavy (non-hydrogen) atoms. The van der Waals surface area contributed by atoms with E-state index in [-0.39, 0.29) is 0 Å². The first kappa shape index (κ1) is 6.43. The highest BCUT2D eigenvalue weighted by atomic mass is 32.1. The molecule has 1 aliphatic carbocycles. The minimum Gasteiger partial charge on any atom is -0.328 e. The van der Waals surface area contributed by atoms with Gasteiger partial charge in [0.05, 0.1) is 0 Å². The smallest absolute Gasteiger partial charge is 0.00396 e. The quantitative estimate of drug-likeness (QED) is 0.474. The van der Waals surface area contributed by atoms with Crippen LogP contribution in [0.3, 0.4) is 0 Å². The molecule has 0 amide bonds. The van der Waals surface area contributed by atoms with Crippen LogP contribution >= 0.6 is 12.6 Å². The van der Waals surface area contributed by atoms with Crippen molar-refractivity contribution in [2.75, 3.05) is 0 Å². The molecule has 0 aromatic rings. The largest absolute Gasteiger partial charge is 0.328 e. The van der Waals surface area contributed by atoms with Crippen LogP contribution in [0.1, 0.15) is 25.7 Å². The predicted octanol–water partition coefficient (Wildman–Crippen LogP) is 1.19. The Hall–Kier alpha value is 0.310. The standard InChI is InChI=1S/C6H13NS/c7-5-1-3-6(8)4-2-5/h5-6,8H,1-4,7H2. The van der Waals surface area contributed by atoms with Crippen LogP contribution in [0.2, 0.25) is 0 Å². The molecule has 1 rings (SSSR count). The number of rotatable bonds is 0. The van der Waals surface area contributed by atoms with Crippen molar-refractivity contribution in [2.24, 2.45) is 5.73 Å². The summed E-state index contributed by atoms with van der Waals surface area (Å²) in [6.45, 7) is 0. The van der Waals surface area contributed by atoms with Gasteiger partial charge < -0.3 is 5.73 Å². The van der Waals surface area contributed by atoms with E-state index in [9.17, 15) is 0 Å². The number of hydrogen-bond donors (Lipinski definition) is 2. The second-order valence-electron chi connectivity index (χ2n) is 2.57. The highest BCUT2D eigenvalue weighted by molar-refractivity contribution is 7.80. The van der Waals surface area contributed by atoms with E-state index >= 15 is 0 Å². The molecule has 0 saturated heterocycles. The minimum atomic E-state index is 0.471. The van der Waals surface area contributed by atoms with Crippen molar-refractivity contribution in [3.63, 3.8) is 0 Å². The molecule has 0 aromatic carbocycles. The van der Waals surface area contributed by atoms with Crippen LogP contribution in [-0.2, 0) is 0 Å². The van der Waals surface area contributed by atoms with Crippen LogP contribution in [-0.4, -0.2) is 11.3 Å². The van der Waals surface area contributed by atoms with Crippen molar-refractivity contribution >= 4 is 12.6 Å². The Labute approximate surface area is 56.1 Å². The molecule has 1 aliphatic rings. The Kier molecular flexibility index (Phi) is 2.20. The van der Waals surface area contributed by atoms with E-state index in [4.69, 9.17) is 5.73 Å². The van der Waals surface area contributed by atoms with Gasteiger partial charge in [0, 0.05) is 11.3 Å². The molecule has 2 heteroatoms. The number of nitrogens with two attached hydrogens (primary N) is 1. The summed E-state index contributed by atoms with van der Waals surface area (Å²) in [5.41, 5.74) is 5.66. The Bertz CT molecular complexity index is 56.9. The summed E-state index contributed by atoms with van der Waals surface area (Å²) in [7, 11) is 0. The number of hydrogen-bond acceptors (Lipinski definition) is 2. The van der Waals surface area contributed by atoms with Gasteiger partial charge in [-0.1, -0.05) is 0 Å². The first-order valence-electron chi connectivity index (χ1n) is 3.22. The monoisotopic (exact) mass is 131 g/mol. The maximum absolute atomic E-state index is 5.66. The Balaban J connectivity index is 2.19. The van der Waals surface area contributed by atoms with E-state index < -0.39 is 0 Å². The molecule has 2 N–H and O–H groups in total. The Morgan fingerprint density at radius 1 is 1.12 bits per heavy atom. The first-order chi connectivity index (χ1) is 3.79. The average Bonchev–Trinajstić information content (AvgIpc) is 1.77. The van der Waals surface area contributed by atoms with Gasteiger partial charge in [-0.15, -0.1) is 0 Å². The van der Waals surface area contributed by atoms with Crippen molar-refractivity contribution in [3.05, 3.63) is 0 Å². The van der Waals surface area contributed by atoms with E-state index in [1.807, 2.05) is 0 Å². The molecule has 0 unspecified atom stereocenters. The van der Waals surface area contributed by atoms with Crippen molar-refractivity contribution < 1.29 is 0 Å². The fourth-order valence-corrected chi connectivity index (χ4v) is 1.40. The maximum atomic E-state index is 5.66. The molecule has 48 valence electrons. The second kappa shape index (κ2) is 2.74. The van der Waals surface area contributed by atoms with Crippen LogP contribution in [0.4, 0.5) is 0 Å². The zero-order valence-corrected chi connectivity index (χ0v) is 5.90. The second-order valence-corrected chi connectivity index (χ2v) is 3.30. The van der Waals surface area contributed by atoms with E-state index in [2.05, 4.69) is 12.6 Å². The van der Waals surface area contributed by atoms with Gasteiger partial charge in [0.2, 0.25) is 0 Å². The van der Waals surface area contributed by atoms with Gasteiger partial charge in [-0.2, -0.15) is 12.6 Å². The molecule has 1 saturated carbocycles. The van der Waals surface area contributed by atoms with Gasteiger partial charge in [-0.25, -0.2) is 0 Å². The number of thiol groups is 1. The Morgan fingerprint density at radius 3 is 2.00 bits per heavy atom. The first-order valence-corrected chi connectivity index (χ1v) is 3.74. The van der Waals surface area contributed by atoms with E-state index in [1.165, 1.54) is 25.7 Å². The third kappa shape index (κ3) is 1.67. The summed E-state index contributed by atoms with van der Waals surface area (Å²) in [6.07, 6.45) is 4.77. The van der Waals surface area contributed by atoms with Crippen molar-refractivity contribution in [1.29, 1.82) is 0 Å². The molecule has 0 bridgehead atoms. The molecule has 0 aromatic heterocycles. The van der Waals surface area contributed by atoms with Gasteiger partial charge in [0.15, 0.2) is 0 Å². The molecule has 1 nitrogen and oxygen atoms in total. The summed E-state index contributed by atoms with van der Waals surface area (Å²) in [5.74, 6) is 0. The van der Waals surface area contributed by atoms with Gasteiger partial charge in [0.1, 0.15) is 0 Å². The highest BCUT2D eigenvalue weighted by Crippen LogP contribution is 2.20. The topological polar surface area (TPSA) is 26.0 Å². The fraction of sp³-hybridized carbons (Fsp3) is 1.00. The third-order valence-electron chi connectivity index (χ3n) is 1.74. The molecule has 1 fully saturated rings. The fourth-order valence-electron chi connectivity index (χ4n) is 1.10. The molecule has 0 heterocycles. The summed E-state index contributed by atoms with van der Waals surface area (Å²) < 4.78 is 0. The van der Waals surface area contributed by atoms with Crippen molar-refractivity contribution in [1.82, 2.24) is 0 Å². The van der Waals surface area contributed by atoms with Crippen molar-refractivity contribution in [3.8, 4) is 0 Å². The lowest BCUT2D eigenvalue weighted by atomic mass is 9.96. The predicted molar refractivity (Wildman–Crippen MR) is 39.2 cm³/mol. The van der Waals surface area contributed by atoms with Crippen LogP contribution < -0.4 is 5.73 Å². The maximum Gasteiger partial charge on any atom is 0.00396 e. The van der Waals surface area contributed by atoms with Gasteiger partial charge in [-0.05, 0) is 25.7 Å². The van der Waals surface area contributed by atoms with Crippen LogP contribution in [0.5, 0.6) is 0 Å². The Morgan fingerprint density at radius 2 is 1.62 bits per heavy atom. The zero-order valence-electron chi connectivity index (χ0n) is 5.01. The summed E-state index contributed by atoms with van der Waals surface area (Å²) >= 11 is 4.35. The van der Waals surface area contributed by atoms with Crippen molar-refractivity contribution in [2.45, 2.75) is 37.0 Å². The highest BCUT2D eigenvalue weighted by Gasteiger charge is 2.14. The molecular weight excluding hydrogens is 118 g/mol. The lowest BCUT2D eigenvalue weighted by molar-refractivity contribution is 0.452. The molecular formula is C6H13NS. The lowest BCUT2D eigenvalue weighted by Gasteiger charge is -2.21. The summed E-state index contributed by atoms with van der Waals surface area (Å²) in [5, 5.41) is 0.634. The van der Waals surface area contributed by atoms with Crippen LogP contribution in [0, 0.1) is 0 Å². The van der Waals surface area contributed by atoms with Crippen LogP contribution in [0.25, 0.3) is 0 Å². The van der Waals surface area contributed by atoms with E-state index in [0.717, 1.165) is 0 Å². The molecule has 0 aliphatic heterocycles. The molecule has 0 spiro atoms. The van der Waals surface area contributed by atoms with Crippen LogP contribution in [0.15, 0.2) is 0 Å². The van der Waals surface area contributed by atoms with E-state index in [1.54, 1.807) is 0 Å². The SMILES string of the molecule is NC1CCC(S)CC1. The minimum absolute atomic E-state index is 0.471. The normalized spacial score (nSPS) is 39.8. The van der Waals surface area contributed by atoms with Gasteiger partial charge in [-0.3, -0.25) is 0 Å². The van der Waals surface area contributed by atoms with Gasteiger partial charge in [0.25, 0.3) is 0 Å².